The first kappa shape index (κ1) is 17.8. The van der Waals surface area contributed by atoms with Crippen LogP contribution in [0, 0.1) is 0 Å². The zero-order valence-electron chi connectivity index (χ0n) is 15.6. The number of nitrogens with zero attached hydrogens (tertiary/aromatic N) is 3. The number of hydrogen-bond acceptors (Lipinski definition) is 5. The number of rotatable bonds is 5. The number of ether oxygens (including phenoxy) is 2. The molecule has 2 heterocycles. The van der Waals surface area contributed by atoms with Gasteiger partial charge in [-0.1, -0.05) is 12.8 Å². The Labute approximate surface area is 163 Å². The molecular weight excluding hydrogens is 358 g/mol. The molecule has 0 bridgehead atoms. The van der Waals surface area contributed by atoms with Crippen LogP contribution in [0.3, 0.4) is 0 Å². The first-order valence-electron chi connectivity index (χ1n) is 9.17. The molecule has 0 unspecified atom stereocenters. The number of hydrogen-bond donors (Lipinski definition) is 0. The molecule has 4 rings (SSSR count). The Bertz CT molecular complexity index is 973. The summed E-state index contributed by atoms with van der Waals surface area (Å²) in [4.78, 5) is 10.1. The van der Waals surface area contributed by atoms with Gasteiger partial charge in [0.25, 0.3) is 0 Å². The average molecular weight is 382 g/mol. The highest BCUT2D eigenvalue weighted by atomic mass is 32.1. The normalized spacial score (nSPS) is 15.3. The zero-order chi connectivity index (χ0) is 18.6. The highest BCUT2D eigenvalue weighted by molar-refractivity contribution is 7.07. The maximum absolute atomic E-state index is 5.64. The highest BCUT2D eigenvalue weighted by Gasteiger charge is 2.23. The van der Waals surface area contributed by atoms with Gasteiger partial charge in [0.1, 0.15) is 11.5 Å². The Hall–Kier alpha value is -2.60. The first-order chi connectivity index (χ1) is 13.3. The molecule has 1 fully saturated rings. The molecule has 2 aromatic heterocycles. The van der Waals surface area contributed by atoms with E-state index in [1.54, 1.807) is 38.0 Å². The summed E-state index contributed by atoms with van der Waals surface area (Å²) in [5, 5.41) is 2.17. The maximum Gasteiger partial charge on any atom is 0.190 e. The Morgan fingerprint density at radius 3 is 2.70 bits per heavy atom. The van der Waals surface area contributed by atoms with E-state index in [-0.39, 0.29) is 0 Å². The van der Waals surface area contributed by atoms with Gasteiger partial charge in [-0.25, -0.2) is 4.99 Å². The van der Waals surface area contributed by atoms with Crippen LogP contribution in [0.1, 0.15) is 31.7 Å². The van der Waals surface area contributed by atoms with Gasteiger partial charge in [0.2, 0.25) is 0 Å². The van der Waals surface area contributed by atoms with Crippen LogP contribution >= 0.6 is 11.3 Å². The molecule has 6 heteroatoms. The minimum Gasteiger partial charge on any atom is -0.497 e. The van der Waals surface area contributed by atoms with Crippen LogP contribution in [0.5, 0.6) is 11.5 Å². The summed E-state index contributed by atoms with van der Waals surface area (Å²) < 4.78 is 13.5. The molecule has 3 aromatic rings. The van der Waals surface area contributed by atoms with Crippen molar-refractivity contribution in [2.45, 2.75) is 31.7 Å². The van der Waals surface area contributed by atoms with Crippen LogP contribution in [0.2, 0.25) is 0 Å². The summed E-state index contributed by atoms with van der Waals surface area (Å²) in [5.41, 5.74) is 3.04. The van der Waals surface area contributed by atoms with E-state index in [9.17, 15) is 0 Å². The van der Waals surface area contributed by atoms with Gasteiger partial charge < -0.3 is 14.0 Å². The van der Waals surface area contributed by atoms with E-state index in [0.29, 0.717) is 6.04 Å². The van der Waals surface area contributed by atoms with Gasteiger partial charge in [-0.3, -0.25) is 4.98 Å². The molecule has 1 aliphatic carbocycles. The standard InChI is InChI=1S/C21H23N3O2S/c1-25-17-9-10-20(26-2)18(12-17)19-14-27-21(23-15-6-5-11-22-13-15)24(19)16-7-3-4-8-16/h5-6,9-14,16H,3-4,7-8H2,1-2H3. The smallest absolute Gasteiger partial charge is 0.190 e. The summed E-state index contributed by atoms with van der Waals surface area (Å²) in [6, 6.07) is 10.3. The number of pyridine rings is 1. The van der Waals surface area contributed by atoms with Crippen molar-refractivity contribution in [1.82, 2.24) is 9.55 Å². The van der Waals surface area contributed by atoms with Crippen molar-refractivity contribution in [3.05, 3.63) is 52.9 Å². The number of thiazole rings is 1. The van der Waals surface area contributed by atoms with E-state index >= 15 is 0 Å². The fraction of sp³-hybridized carbons (Fsp3) is 0.333. The van der Waals surface area contributed by atoms with Crippen LogP contribution in [0.15, 0.2) is 53.1 Å². The van der Waals surface area contributed by atoms with Crippen LogP contribution in [-0.4, -0.2) is 23.8 Å². The van der Waals surface area contributed by atoms with Gasteiger partial charge in [0.05, 0.1) is 31.8 Å². The molecule has 0 aliphatic heterocycles. The fourth-order valence-corrected chi connectivity index (χ4v) is 4.64. The van der Waals surface area contributed by atoms with Gasteiger partial charge in [-0.2, -0.15) is 0 Å². The van der Waals surface area contributed by atoms with Crippen molar-refractivity contribution in [2.24, 2.45) is 4.99 Å². The molecule has 0 spiro atoms. The number of benzene rings is 1. The lowest BCUT2D eigenvalue weighted by molar-refractivity contribution is 0.403. The zero-order valence-corrected chi connectivity index (χ0v) is 16.4. The summed E-state index contributed by atoms with van der Waals surface area (Å²) in [6.45, 7) is 0. The Balaban J connectivity index is 1.91. The van der Waals surface area contributed by atoms with Gasteiger partial charge in [0.15, 0.2) is 4.80 Å². The Morgan fingerprint density at radius 2 is 2.00 bits per heavy atom. The SMILES string of the molecule is COc1ccc(OC)c(-c2csc(=Nc3cccnc3)n2C2CCCC2)c1. The van der Waals surface area contributed by atoms with Crippen LogP contribution in [0.4, 0.5) is 5.69 Å². The second-order valence-corrected chi connectivity index (χ2v) is 7.44. The van der Waals surface area contributed by atoms with Crippen molar-refractivity contribution in [2.75, 3.05) is 14.2 Å². The van der Waals surface area contributed by atoms with Crippen molar-refractivity contribution < 1.29 is 9.47 Å². The quantitative estimate of drug-likeness (QED) is 0.626. The molecule has 5 nitrogen and oxygen atoms in total. The average Bonchev–Trinajstić information content (AvgIpc) is 3.38. The summed E-state index contributed by atoms with van der Waals surface area (Å²) >= 11 is 1.66. The molecule has 1 saturated carbocycles. The third-order valence-corrected chi connectivity index (χ3v) is 5.82. The van der Waals surface area contributed by atoms with Crippen molar-refractivity contribution in [3.63, 3.8) is 0 Å². The van der Waals surface area contributed by atoms with Crippen LogP contribution < -0.4 is 14.3 Å². The lowest BCUT2D eigenvalue weighted by Gasteiger charge is -2.18. The molecule has 140 valence electrons. The lowest BCUT2D eigenvalue weighted by atomic mass is 10.1. The maximum atomic E-state index is 5.64. The molecular formula is C21H23N3O2S. The topological polar surface area (TPSA) is 48.6 Å². The Kier molecular flexibility index (Phi) is 5.25. The van der Waals surface area contributed by atoms with Crippen molar-refractivity contribution >= 4 is 17.0 Å². The largest absolute Gasteiger partial charge is 0.497 e. The van der Waals surface area contributed by atoms with Crippen molar-refractivity contribution in [3.8, 4) is 22.8 Å². The molecule has 0 N–H and O–H groups in total. The lowest BCUT2D eigenvalue weighted by Crippen LogP contribution is -2.20. The van der Waals surface area contributed by atoms with Gasteiger partial charge in [0, 0.05) is 23.2 Å². The Morgan fingerprint density at radius 1 is 1.15 bits per heavy atom. The first-order valence-corrected chi connectivity index (χ1v) is 10.1. The predicted molar refractivity (Wildman–Crippen MR) is 108 cm³/mol. The van der Waals surface area contributed by atoms with Gasteiger partial charge in [-0.05, 0) is 43.2 Å². The molecule has 0 radical (unpaired) electrons. The summed E-state index contributed by atoms with van der Waals surface area (Å²) in [6.07, 6.45) is 8.44. The number of methoxy groups -OCH3 is 2. The third-order valence-electron chi connectivity index (χ3n) is 4.98. The predicted octanol–water partition coefficient (Wildman–Crippen LogP) is 4.98. The van der Waals surface area contributed by atoms with E-state index < -0.39 is 0 Å². The van der Waals surface area contributed by atoms with Crippen LogP contribution in [0.25, 0.3) is 11.3 Å². The summed E-state index contributed by atoms with van der Waals surface area (Å²) in [5.74, 6) is 1.66. The van der Waals surface area contributed by atoms with E-state index in [0.717, 1.165) is 33.2 Å². The highest BCUT2D eigenvalue weighted by Crippen LogP contribution is 2.38. The molecule has 0 atom stereocenters. The molecule has 0 amide bonds. The molecule has 1 aromatic carbocycles. The second kappa shape index (κ2) is 7.96. The van der Waals surface area contributed by atoms with E-state index in [4.69, 9.17) is 14.5 Å². The van der Waals surface area contributed by atoms with E-state index in [2.05, 4.69) is 14.9 Å². The van der Waals surface area contributed by atoms with E-state index in [1.807, 2.05) is 30.3 Å². The minimum absolute atomic E-state index is 0.456. The third kappa shape index (κ3) is 3.62. The molecule has 1 aliphatic rings. The van der Waals surface area contributed by atoms with Crippen LogP contribution in [-0.2, 0) is 0 Å². The van der Waals surface area contributed by atoms with Gasteiger partial charge in [-0.15, -0.1) is 11.3 Å². The number of aromatic nitrogens is 2. The minimum atomic E-state index is 0.456. The monoisotopic (exact) mass is 381 g/mol. The van der Waals surface area contributed by atoms with Gasteiger partial charge >= 0.3 is 0 Å². The second-order valence-electron chi connectivity index (χ2n) is 6.60. The van der Waals surface area contributed by atoms with Crippen molar-refractivity contribution in [1.29, 1.82) is 0 Å². The molecule has 0 saturated heterocycles. The summed E-state index contributed by atoms with van der Waals surface area (Å²) in [7, 11) is 3.39. The molecule has 27 heavy (non-hydrogen) atoms. The fourth-order valence-electron chi connectivity index (χ4n) is 3.66. The van der Waals surface area contributed by atoms with E-state index in [1.165, 1.54) is 25.7 Å².